The number of nitrogens with one attached hydrogen (secondary N) is 1. The van der Waals surface area contributed by atoms with Gasteiger partial charge >= 0.3 is 5.97 Å². The van der Waals surface area contributed by atoms with Crippen molar-refractivity contribution in [3.8, 4) is 0 Å². The van der Waals surface area contributed by atoms with Crippen LogP contribution >= 0.6 is 0 Å². The van der Waals surface area contributed by atoms with Crippen LogP contribution in [0.1, 0.15) is 10.4 Å². The number of aromatic carboxylic acids is 1. The highest BCUT2D eigenvalue weighted by Crippen LogP contribution is 2.29. The van der Waals surface area contributed by atoms with Crippen molar-refractivity contribution in [3.63, 3.8) is 0 Å². The Morgan fingerprint density at radius 2 is 1.59 bits per heavy atom. The lowest BCUT2D eigenvalue weighted by Crippen LogP contribution is -2.46. The van der Waals surface area contributed by atoms with E-state index in [1.54, 1.807) is 0 Å². The van der Waals surface area contributed by atoms with Gasteiger partial charge in [-0.1, -0.05) is 18.2 Å². The molecule has 2 heterocycles. The van der Waals surface area contributed by atoms with Crippen LogP contribution in [0, 0.1) is 11.6 Å². The molecule has 1 aromatic heterocycles. The Labute approximate surface area is 211 Å². The van der Waals surface area contributed by atoms with Gasteiger partial charge in [-0.2, -0.15) is 0 Å². The molecule has 0 atom stereocenters. The molecule has 1 aliphatic rings. The van der Waals surface area contributed by atoms with Crippen LogP contribution in [0.3, 0.4) is 0 Å². The molecule has 5 rings (SSSR count). The van der Waals surface area contributed by atoms with E-state index >= 15 is 0 Å². The average Bonchev–Trinajstić information content (AvgIpc) is 2.89. The first kappa shape index (κ1) is 24.4. The molecule has 1 saturated heterocycles. The van der Waals surface area contributed by atoms with Crippen molar-refractivity contribution >= 4 is 44.1 Å². The summed E-state index contributed by atoms with van der Waals surface area (Å²) in [5.74, 6) is -2.71. The van der Waals surface area contributed by atoms with Gasteiger partial charge in [0.15, 0.2) is 0 Å². The van der Waals surface area contributed by atoms with Gasteiger partial charge in [0.2, 0.25) is 0 Å². The van der Waals surface area contributed by atoms with Crippen LogP contribution in [-0.4, -0.2) is 50.7 Å². The van der Waals surface area contributed by atoms with Crippen molar-refractivity contribution in [1.29, 1.82) is 0 Å². The van der Waals surface area contributed by atoms with Gasteiger partial charge in [0.1, 0.15) is 22.3 Å². The third kappa shape index (κ3) is 5.03. The van der Waals surface area contributed by atoms with Crippen molar-refractivity contribution in [1.82, 2.24) is 4.98 Å². The molecular formula is C26H22F2N4O4S. The Balaban J connectivity index is 1.42. The van der Waals surface area contributed by atoms with E-state index in [2.05, 4.69) is 14.6 Å². The topological polar surface area (TPSA) is 103 Å². The molecule has 1 fully saturated rings. The summed E-state index contributed by atoms with van der Waals surface area (Å²) in [6.07, 6.45) is 0. The van der Waals surface area contributed by atoms with Gasteiger partial charge in [-0.25, -0.2) is 27.0 Å². The third-order valence-corrected chi connectivity index (χ3v) is 7.58. The van der Waals surface area contributed by atoms with E-state index < -0.39 is 32.5 Å². The SMILES string of the molecule is O=C(O)c1cc(N2CCN(c3ccccc3)CC2)nc2ccc(NS(=O)(=O)c3cc(F)ccc3F)cc12. The number of piperazine rings is 1. The molecule has 0 amide bonds. The molecule has 0 aliphatic carbocycles. The largest absolute Gasteiger partial charge is 0.478 e. The first-order valence-corrected chi connectivity index (χ1v) is 12.9. The zero-order chi connectivity index (χ0) is 26.2. The second kappa shape index (κ2) is 9.66. The molecule has 0 saturated carbocycles. The molecule has 2 N–H and O–H groups in total. The molecule has 0 spiro atoms. The van der Waals surface area contributed by atoms with E-state index in [0.29, 0.717) is 30.5 Å². The quantitative estimate of drug-likeness (QED) is 0.387. The van der Waals surface area contributed by atoms with E-state index in [-0.39, 0.29) is 16.6 Å². The number of carbonyl (C=O) groups is 1. The number of aromatic nitrogens is 1. The summed E-state index contributed by atoms with van der Waals surface area (Å²) in [4.78, 5) is 20.1. The van der Waals surface area contributed by atoms with Crippen LogP contribution < -0.4 is 14.5 Å². The summed E-state index contributed by atoms with van der Waals surface area (Å²) < 4.78 is 55.1. The molecule has 37 heavy (non-hydrogen) atoms. The Hall–Kier alpha value is -4.25. The Bertz CT molecular complexity index is 1590. The van der Waals surface area contributed by atoms with Crippen LogP contribution in [0.5, 0.6) is 0 Å². The predicted molar refractivity (Wildman–Crippen MR) is 137 cm³/mol. The van der Waals surface area contributed by atoms with E-state index in [0.717, 1.165) is 30.9 Å². The van der Waals surface area contributed by atoms with Gasteiger partial charge in [0, 0.05) is 42.9 Å². The van der Waals surface area contributed by atoms with E-state index in [1.807, 2.05) is 35.2 Å². The fraction of sp³-hybridized carbons (Fsp3) is 0.154. The Morgan fingerprint density at radius 1 is 0.892 bits per heavy atom. The lowest BCUT2D eigenvalue weighted by Gasteiger charge is -2.37. The van der Waals surface area contributed by atoms with Crippen molar-refractivity contribution in [2.75, 3.05) is 40.7 Å². The first-order chi connectivity index (χ1) is 17.7. The van der Waals surface area contributed by atoms with Gasteiger partial charge in [-0.3, -0.25) is 4.72 Å². The molecule has 190 valence electrons. The van der Waals surface area contributed by atoms with Gasteiger partial charge in [-0.15, -0.1) is 0 Å². The highest BCUT2D eigenvalue weighted by atomic mass is 32.2. The Morgan fingerprint density at radius 3 is 2.30 bits per heavy atom. The fourth-order valence-corrected chi connectivity index (χ4v) is 5.48. The number of para-hydroxylation sites is 1. The van der Waals surface area contributed by atoms with Crippen LogP contribution in [0.25, 0.3) is 10.9 Å². The number of halogens is 2. The smallest absolute Gasteiger partial charge is 0.336 e. The summed E-state index contributed by atoms with van der Waals surface area (Å²) in [6.45, 7) is 2.76. The van der Waals surface area contributed by atoms with Crippen LogP contribution in [0.2, 0.25) is 0 Å². The lowest BCUT2D eigenvalue weighted by molar-refractivity contribution is 0.0699. The lowest BCUT2D eigenvalue weighted by atomic mass is 10.1. The molecule has 4 aromatic rings. The number of hydrogen-bond donors (Lipinski definition) is 2. The monoisotopic (exact) mass is 524 g/mol. The third-order valence-electron chi connectivity index (χ3n) is 6.19. The number of sulfonamides is 1. The molecule has 3 aromatic carbocycles. The number of benzene rings is 3. The van der Waals surface area contributed by atoms with Gasteiger partial charge in [0.25, 0.3) is 10.0 Å². The van der Waals surface area contributed by atoms with E-state index in [4.69, 9.17) is 0 Å². The zero-order valence-corrected chi connectivity index (χ0v) is 20.3. The number of pyridine rings is 1. The molecule has 8 nitrogen and oxygen atoms in total. The normalized spacial score (nSPS) is 14.1. The second-order valence-corrected chi connectivity index (χ2v) is 10.2. The van der Waals surface area contributed by atoms with Crippen LogP contribution in [0.15, 0.2) is 77.7 Å². The standard InChI is InChI=1S/C26H22F2N4O4S/c27-17-6-8-22(28)24(14-17)37(35,36)30-18-7-9-23-20(15-18)21(26(33)34)16-25(29-23)32-12-10-31(11-13-32)19-4-2-1-3-5-19/h1-9,14-16,30H,10-13H2,(H,33,34). The van der Waals surface area contributed by atoms with E-state index in [1.165, 1.54) is 24.3 Å². The van der Waals surface area contributed by atoms with Gasteiger partial charge in [0.05, 0.1) is 11.1 Å². The molecule has 0 bridgehead atoms. The second-order valence-electron chi connectivity index (χ2n) is 8.55. The number of hydrogen-bond acceptors (Lipinski definition) is 6. The maximum atomic E-state index is 14.1. The van der Waals surface area contributed by atoms with Crippen LogP contribution in [-0.2, 0) is 10.0 Å². The average molecular weight is 525 g/mol. The number of anilines is 3. The summed E-state index contributed by atoms with van der Waals surface area (Å²) in [5.41, 5.74) is 1.42. The minimum absolute atomic E-state index is 0.00955. The highest BCUT2D eigenvalue weighted by Gasteiger charge is 2.23. The van der Waals surface area contributed by atoms with Gasteiger partial charge in [-0.05, 0) is 54.6 Å². The zero-order valence-electron chi connectivity index (χ0n) is 19.4. The minimum Gasteiger partial charge on any atom is -0.478 e. The van der Waals surface area contributed by atoms with Crippen molar-refractivity contribution in [3.05, 3.63) is 90.0 Å². The minimum atomic E-state index is -4.47. The molecule has 0 unspecified atom stereocenters. The fourth-order valence-electron chi connectivity index (χ4n) is 4.34. The first-order valence-electron chi connectivity index (χ1n) is 11.4. The predicted octanol–water partition coefficient (Wildman–Crippen LogP) is 4.34. The molecular weight excluding hydrogens is 502 g/mol. The Kier molecular flexibility index (Phi) is 6.38. The van der Waals surface area contributed by atoms with Crippen molar-refractivity contribution in [2.24, 2.45) is 0 Å². The van der Waals surface area contributed by atoms with Crippen molar-refractivity contribution < 1.29 is 27.1 Å². The number of fused-ring (bicyclic) bond motifs is 1. The van der Waals surface area contributed by atoms with Gasteiger partial charge < -0.3 is 14.9 Å². The summed E-state index contributed by atoms with van der Waals surface area (Å²) in [7, 11) is -4.47. The van der Waals surface area contributed by atoms with Crippen LogP contribution in [0.4, 0.5) is 26.0 Å². The van der Waals surface area contributed by atoms with E-state index in [9.17, 15) is 27.1 Å². The summed E-state index contributed by atoms with van der Waals surface area (Å²) in [6, 6.07) is 17.8. The maximum absolute atomic E-state index is 14.1. The number of carboxylic acids is 1. The summed E-state index contributed by atoms with van der Waals surface area (Å²) >= 11 is 0. The number of carboxylic acid groups (broad SMARTS) is 1. The summed E-state index contributed by atoms with van der Waals surface area (Å²) in [5, 5.41) is 10.1. The molecule has 11 heteroatoms. The molecule has 0 radical (unpaired) electrons. The molecule has 1 aliphatic heterocycles. The maximum Gasteiger partial charge on any atom is 0.336 e. The highest BCUT2D eigenvalue weighted by molar-refractivity contribution is 7.92. The number of nitrogens with zero attached hydrogens (tertiary/aromatic N) is 3. The number of rotatable bonds is 6. The van der Waals surface area contributed by atoms with Crippen molar-refractivity contribution in [2.45, 2.75) is 4.90 Å².